The minimum Gasteiger partial charge on any atom is 0 e. The van der Waals surface area contributed by atoms with Crippen LogP contribution in [0.25, 0.3) is 0 Å². The fraction of sp³-hybridized carbons (Fsp3) is 0. The summed E-state index contributed by atoms with van der Waals surface area (Å²) in [5.74, 6) is 0. The second-order valence-electron chi connectivity index (χ2n) is 0. The molecule has 0 N–H and O–H groups in total. The molecule has 0 spiro atoms. The summed E-state index contributed by atoms with van der Waals surface area (Å²) in [7, 11) is 0. The third-order valence-electron chi connectivity index (χ3n) is 0. The summed E-state index contributed by atoms with van der Waals surface area (Å²) < 4.78 is 0. The smallest absolute Gasteiger partial charge is 0 e. The zero-order chi connectivity index (χ0) is 0. The van der Waals surface area contributed by atoms with Gasteiger partial charge in [-0.25, -0.2) is 0 Å². The first-order valence-corrected chi connectivity index (χ1v) is 0. The maximum Gasteiger partial charge on any atom is 0 e. The molecule has 0 rings (SSSR count). The van der Waals surface area contributed by atoms with E-state index in [1.165, 1.54) is 0 Å². The quantitative estimate of drug-likeness (QED) is 0.321. The summed E-state index contributed by atoms with van der Waals surface area (Å²) in [6, 6.07) is 0. The van der Waals surface area contributed by atoms with Crippen molar-refractivity contribution in [3.8, 4) is 0 Å². The molecule has 88 radical (unpaired) electrons. The van der Waals surface area contributed by atoms with Gasteiger partial charge in [-0.05, 0) is 0 Å². The van der Waals surface area contributed by atoms with Crippen molar-refractivity contribution >= 4 is 0 Å². The van der Waals surface area contributed by atoms with Gasteiger partial charge >= 0.3 is 0 Å². The van der Waals surface area contributed by atoms with Crippen LogP contribution >= 0.6 is 0 Å². The predicted octanol–water partition coefficient (Wildman–Crippen LogP) is 0. The van der Waals surface area contributed by atoms with Gasteiger partial charge in [0.25, 0.3) is 0 Å². The van der Waals surface area contributed by atoms with Gasteiger partial charge in [0.2, 0.25) is 0 Å². The molecule has 0 bridgehead atoms. The molecule has 0 aliphatic rings. The van der Waals surface area contributed by atoms with Crippen molar-refractivity contribution in [1.82, 2.24) is 0 Å². The van der Waals surface area contributed by atoms with E-state index in [0.717, 1.165) is 0 Å². The number of hydrogen-bond acceptors (Lipinski definition) is 0. The van der Waals surface area contributed by atoms with Crippen LogP contribution in [0.5, 0.6) is 0 Å². The standard InChI is InChI=1S/88Eu. The fourth-order valence-electron chi connectivity index (χ4n) is 0. The summed E-state index contributed by atoms with van der Waals surface area (Å²) in [4.78, 5) is 0. The molecule has 0 nitrogen and oxygen atoms in total. The first-order valence-electron chi connectivity index (χ1n) is 0. The van der Waals surface area contributed by atoms with Gasteiger partial charge in [-0.15, -0.1) is 0 Å². The molecule has 0 aromatic heterocycles. The molecule has 0 amide bonds. The Morgan fingerprint density at radius 2 is 0.0114 bits per heavy atom. The second kappa shape index (κ2) is 592. The molecule has 88 heavy (non-hydrogen) atoms. The maximum absolute atomic E-state index is 0. The first-order chi connectivity index (χ1) is 0. The topological polar surface area (TPSA) is 0 Å². The zero-order valence-corrected chi connectivity index (χ0v) is 247. The SMILES string of the molecule is [Eu].[Eu].[Eu].[Eu].[Eu].[Eu].[Eu].[Eu].[Eu].[Eu].[Eu].[Eu].[Eu].[Eu].[Eu].[Eu].[Eu].[Eu].[Eu].[Eu].[Eu].[Eu].[Eu].[Eu].[Eu].[Eu].[Eu].[Eu].[Eu].[Eu].[Eu].[Eu].[Eu].[Eu].[Eu].[Eu].[Eu].[Eu].[Eu].[Eu].[Eu].[Eu].[Eu].[Eu].[Eu].[Eu].[Eu].[Eu].[Eu].[Eu].[Eu].[Eu].[Eu].[Eu].[Eu].[Eu].[Eu].[Eu].[Eu].[Eu].[Eu].[Eu].[Eu].[Eu].[Eu].[Eu].[Eu].[Eu].[Eu].[Eu].[Eu].[Eu].[Eu].[Eu].[Eu].[Eu].[Eu].[Eu].[Eu].[Eu].[Eu].[Eu].[Eu].[Eu].[Eu].[Eu].[Eu].[Eu]. The average Bonchev–Trinajstić information content (AvgIpc) is 0. The second-order valence-corrected chi connectivity index (χ2v) is 0. The summed E-state index contributed by atoms with van der Waals surface area (Å²) in [6.07, 6.45) is 0. The molecular formula is Eu88. The Bertz CT molecular complexity index is 0. The molecule has 0 heterocycles. The van der Waals surface area contributed by atoms with Gasteiger partial charge in [0.15, 0.2) is 0 Å². The Kier molecular flexibility index (Phi) is 4030. The van der Waals surface area contributed by atoms with Gasteiger partial charge < -0.3 is 0 Å². The Labute approximate surface area is 4140 Å². The largest absolute Gasteiger partial charge is 0 e. The molecule has 0 unspecified atom stereocenters. The van der Waals surface area contributed by atoms with Crippen LogP contribution in [-0.2, 0) is 0 Å². The summed E-state index contributed by atoms with van der Waals surface area (Å²) in [5.41, 5.74) is 0. The van der Waals surface area contributed by atoms with Crippen LogP contribution in [0.2, 0.25) is 0 Å². The Hall–Kier alpha value is 139. The van der Waals surface area contributed by atoms with Crippen molar-refractivity contribution in [3.05, 3.63) is 0 Å². The number of hydrogen-bond donors (Lipinski definition) is 0. The molecule has 0 saturated carbocycles. The van der Waals surface area contributed by atoms with E-state index in [1.807, 2.05) is 0 Å². The molecular weight excluding hydrogens is 13400 g/mol. The molecule has 0 aromatic rings. The third kappa shape index (κ3) is 584. The van der Waals surface area contributed by atoms with Crippen LogP contribution in [0.15, 0.2) is 0 Å². The van der Waals surface area contributed by atoms with Gasteiger partial charge in [-0.1, -0.05) is 0 Å². The monoisotopic (exact) mass is 13500 g/mol. The van der Waals surface area contributed by atoms with E-state index in [0.29, 0.717) is 0 Å². The van der Waals surface area contributed by atoms with Gasteiger partial charge in [0.1, 0.15) is 0 Å². The summed E-state index contributed by atoms with van der Waals surface area (Å²) >= 11 is 0. The first kappa shape index (κ1) is 600. The van der Waals surface area contributed by atoms with Crippen molar-refractivity contribution in [2.24, 2.45) is 0 Å². The van der Waals surface area contributed by atoms with Crippen molar-refractivity contribution in [2.45, 2.75) is 0 Å². The van der Waals surface area contributed by atoms with Crippen LogP contribution in [0.4, 0.5) is 0 Å². The zero-order valence-electron chi connectivity index (χ0n) is 33.3. The minimum absolute atomic E-state index is 0. The maximum atomic E-state index is 0. The predicted molar refractivity (Wildman–Crippen MR) is 0 cm³/mol. The van der Waals surface area contributed by atoms with E-state index < -0.39 is 0 Å². The van der Waals surface area contributed by atoms with Gasteiger partial charge in [0, 0.05) is 4350 Å². The van der Waals surface area contributed by atoms with E-state index in [9.17, 15) is 0 Å². The van der Waals surface area contributed by atoms with Crippen molar-refractivity contribution in [2.75, 3.05) is 0 Å². The average molecular weight is 13400 g/mol. The van der Waals surface area contributed by atoms with Crippen molar-refractivity contribution in [1.29, 1.82) is 0 Å². The van der Waals surface area contributed by atoms with E-state index in [-0.39, 0.29) is 4350 Å². The van der Waals surface area contributed by atoms with Crippen molar-refractivity contribution in [3.63, 3.8) is 0 Å². The third-order valence-corrected chi connectivity index (χ3v) is 0. The Morgan fingerprint density at radius 3 is 0.0114 bits per heavy atom. The van der Waals surface area contributed by atoms with Crippen LogP contribution in [-0.4, -0.2) is 0 Å². The van der Waals surface area contributed by atoms with E-state index >= 15 is 0 Å². The van der Waals surface area contributed by atoms with E-state index in [2.05, 4.69) is 0 Å². The van der Waals surface area contributed by atoms with Gasteiger partial charge in [-0.3, -0.25) is 0 Å². The molecule has 0 aliphatic heterocycles. The molecule has 0 aliphatic carbocycles. The molecule has 0 aromatic carbocycles. The summed E-state index contributed by atoms with van der Waals surface area (Å²) in [6.45, 7) is 0. The van der Waals surface area contributed by atoms with Crippen LogP contribution in [0.3, 0.4) is 0 Å². The van der Waals surface area contributed by atoms with Crippen molar-refractivity contribution < 1.29 is 4350 Å². The molecule has 0 atom stereocenters. The van der Waals surface area contributed by atoms with Gasteiger partial charge in [0.05, 0.1) is 0 Å². The fourth-order valence-corrected chi connectivity index (χ4v) is 0. The Balaban J connectivity index is 0. The number of rotatable bonds is 0. The van der Waals surface area contributed by atoms with E-state index in [1.54, 1.807) is 0 Å². The molecule has 88 heteroatoms. The normalized spacial score (nSPS) is 0. The molecule has 0 saturated heterocycles. The molecule has 616 valence electrons. The minimum atomic E-state index is 0. The molecule has 0 fully saturated rings. The summed E-state index contributed by atoms with van der Waals surface area (Å²) in [5, 5.41) is 0. The van der Waals surface area contributed by atoms with Gasteiger partial charge in [-0.2, -0.15) is 0 Å². The Morgan fingerprint density at radius 1 is 0.0114 bits per heavy atom. The van der Waals surface area contributed by atoms with Crippen LogP contribution < -0.4 is 0 Å². The van der Waals surface area contributed by atoms with E-state index in [4.69, 9.17) is 0 Å². The van der Waals surface area contributed by atoms with Crippen LogP contribution in [0, 0.1) is 4350 Å². The van der Waals surface area contributed by atoms with Crippen LogP contribution in [0.1, 0.15) is 0 Å².